The lowest BCUT2D eigenvalue weighted by atomic mass is 10.1. The van der Waals surface area contributed by atoms with Crippen LogP contribution in [0.4, 0.5) is 0 Å². The molecule has 0 aliphatic rings. The Balaban J connectivity index is 3.85. The van der Waals surface area contributed by atoms with Crippen molar-refractivity contribution in [2.45, 2.75) is 52.7 Å². The van der Waals surface area contributed by atoms with E-state index in [2.05, 4.69) is 6.92 Å². The topological polar surface area (TPSA) is 52.3 Å². The van der Waals surface area contributed by atoms with Crippen LogP contribution in [0.25, 0.3) is 0 Å². The predicted octanol–water partition coefficient (Wildman–Crippen LogP) is 1.70. The monoisotopic (exact) mass is 187 g/mol. The van der Waals surface area contributed by atoms with Gasteiger partial charge in [0.15, 0.2) is 0 Å². The summed E-state index contributed by atoms with van der Waals surface area (Å²) >= 11 is 0. The minimum atomic E-state index is -0.487. The molecule has 0 saturated carbocycles. The Hall–Kier alpha value is -0.570. The van der Waals surface area contributed by atoms with Crippen LogP contribution in [0.5, 0.6) is 0 Å². The van der Waals surface area contributed by atoms with Crippen LogP contribution >= 0.6 is 0 Å². The van der Waals surface area contributed by atoms with Crippen LogP contribution in [0.1, 0.15) is 40.5 Å². The molecule has 0 aliphatic heterocycles. The SMILES string of the molecule is CCCC(C)OC(=O)C(N)C(C)C. The molecule has 13 heavy (non-hydrogen) atoms. The van der Waals surface area contributed by atoms with Crippen LogP contribution < -0.4 is 5.73 Å². The Labute approximate surface area is 80.6 Å². The number of hydrogen-bond acceptors (Lipinski definition) is 3. The summed E-state index contributed by atoms with van der Waals surface area (Å²) < 4.78 is 5.15. The van der Waals surface area contributed by atoms with E-state index < -0.39 is 6.04 Å². The van der Waals surface area contributed by atoms with Gasteiger partial charge in [-0.15, -0.1) is 0 Å². The zero-order valence-corrected chi connectivity index (χ0v) is 9.04. The zero-order chi connectivity index (χ0) is 10.4. The van der Waals surface area contributed by atoms with E-state index in [1.54, 1.807) is 0 Å². The minimum Gasteiger partial charge on any atom is -0.462 e. The highest BCUT2D eigenvalue weighted by Crippen LogP contribution is 2.06. The maximum absolute atomic E-state index is 11.3. The van der Waals surface area contributed by atoms with Crippen molar-refractivity contribution in [3.63, 3.8) is 0 Å². The van der Waals surface area contributed by atoms with Crippen molar-refractivity contribution in [3.8, 4) is 0 Å². The maximum Gasteiger partial charge on any atom is 0.323 e. The summed E-state index contributed by atoms with van der Waals surface area (Å²) in [6, 6.07) is -0.487. The molecule has 0 heterocycles. The number of rotatable bonds is 5. The first-order chi connectivity index (χ1) is 5.99. The number of esters is 1. The molecule has 0 aromatic carbocycles. The normalized spacial score (nSPS) is 15.5. The smallest absolute Gasteiger partial charge is 0.323 e. The second kappa shape index (κ2) is 5.97. The summed E-state index contributed by atoms with van der Waals surface area (Å²) in [5, 5.41) is 0. The van der Waals surface area contributed by atoms with E-state index in [4.69, 9.17) is 10.5 Å². The summed E-state index contributed by atoms with van der Waals surface area (Å²) in [7, 11) is 0. The first kappa shape index (κ1) is 12.4. The summed E-state index contributed by atoms with van der Waals surface area (Å²) in [6.45, 7) is 7.79. The molecule has 0 bridgehead atoms. The van der Waals surface area contributed by atoms with Crippen molar-refractivity contribution in [2.75, 3.05) is 0 Å². The second-order valence-corrected chi connectivity index (χ2v) is 3.81. The van der Waals surface area contributed by atoms with Gasteiger partial charge in [-0.05, 0) is 19.3 Å². The van der Waals surface area contributed by atoms with Crippen LogP contribution in [0, 0.1) is 5.92 Å². The molecule has 3 nitrogen and oxygen atoms in total. The van der Waals surface area contributed by atoms with E-state index in [1.807, 2.05) is 20.8 Å². The average molecular weight is 187 g/mol. The van der Waals surface area contributed by atoms with Crippen LogP contribution in [0.3, 0.4) is 0 Å². The first-order valence-electron chi connectivity index (χ1n) is 4.95. The number of carbonyl (C=O) groups is 1. The molecule has 2 N–H and O–H groups in total. The quantitative estimate of drug-likeness (QED) is 0.666. The van der Waals surface area contributed by atoms with E-state index >= 15 is 0 Å². The first-order valence-corrected chi connectivity index (χ1v) is 4.95. The molecule has 0 saturated heterocycles. The minimum absolute atomic E-state index is 0.0118. The number of carbonyl (C=O) groups excluding carboxylic acids is 1. The van der Waals surface area contributed by atoms with Gasteiger partial charge in [0.2, 0.25) is 0 Å². The fourth-order valence-electron chi connectivity index (χ4n) is 1.01. The Morgan fingerprint density at radius 2 is 1.92 bits per heavy atom. The van der Waals surface area contributed by atoms with Crippen molar-refractivity contribution in [3.05, 3.63) is 0 Å². The summed E-state index contributed by atoms with van der Waals surface area (Å²) in [6.07, 6.45) is 1.91. The molecule has 78 valence electrons. The molecule has 0 rings (SSSR count). The van der Waals surface area contributed by atoms with Crippen molar-refractivity contribution < 1.29 is 9.53 Å². The molecular formula is C10H21NO2. The molecule has 3 heteroatoms. The third-order valence-electron chi connectivity index (χ3n) is 2.00. The number of ether oxygens (including phenoxy) is 1. The van der Waals surface area contributed by atoms with Gasteiger partial charge in [0, 0.05) is 0 Å². The standard InChI is InChI=1S/C10H21NO2/c1-5-6-8(4)13-10(12)9(11)7(2)3/h7-9H,5-6,11H2,1-4H3. The van der Waals surface area contributed by atoms with Crippen LogP contribution in [-0.2, 0) is 9.53 Å². The number of nitrogens with two attached hydrogens (primary N) is 1. The van der Waals surface area contributed by atoms with E-state index in [1.165, 1.54) is 0 Å². The second-order valence-electron chi connectivity index (χ2n) is 3.81. The summed E-state index contributed by atoms with van der Waals surface area (Å²) in [5.41, 5.74) is 5.63. The van der Waals surface area contributed by atoms with Crippen LogP contribution in [-0.4, -0.2) is 18.1 Å². The maximum atomic E-state index is 11.3. The Morgan fingerprint density at radius 3 is 2.31 bits per heavy atom. The van der Waals surface area contributed by atoms with E-state index in [0.29, 0.717) is 0 Å². The third-order valence-corrected chi connectivity index (χ3v) is 2.00. The van der Waals surface area contributed by atoms with Crippen LogP contribution in [0.15, 0.2) is 0 Å². The summed E-state index contributed by atoms with van der Waals surface area (Å²) in [5.74, 6) is -0.141. The molecule has 0 aromatic heterocycles. The molecule has 0 spiro atoms. The van der Waals surface area contributed by atoms with Gasteiger partial charge in [-0.25, -0.2) is 0 Å². The highest BCUT2D eigenvalue weighted by atomic mass is 16.5. The van der Waals surface area contributed by atoms with Gasteiger partial charge in [0.1, 0.15) is 6.04 Å². The fourth-order valence-corrected chi connectivity index (χ4v) is 1.01. The van der Waals surface area contributed by atoms with E-state index in [9.17, 15) is 4.79 Å². The lowest BCUT2D eigenvalue weighted by Crippen LogP contribution is -2.38. The molecule has 0 aliphatic carbocycles. The Kier molecular flexibility index (Phi) is 5.71. The van der Waals surface area contributed by atoms with Gasteiger partial charge in [0.05, 0.1) is 6.10 Å². The van der Waals surface area contributed by atoms with Crippen molar-refractivity contribution in [1.82, 2.24) is 0 Å². The number of hydrogen-bond donors (Lipinski definition) is 1. The zero-order valence-electron chi connectivity index (χ0n) is 9.04. The van der Waals surface area contributed by atoms with Gasteiger partial charge < -0.3 is 10.5 Å². The lowest BCUT2D eigenvalue weighted by molar-refractivity contribution is -0.151. The average Bonchev–Trinajstić information content (AvgIpc) is 2.03. The van der Waals surface area contributed by atoms with Gasteiger partial charge in [0.25, 0.3) is 0 Å². The Morgan fingerprint density at radius 1 is 1.38 bits per heavy atom. The highest BCUT2D eigenvalue weighted by molar-refractivity contribution is 5.75. The Bertz CT molecular complexity index is 157. The molecule has 2 atom stereocenters. The molecular weight excluding hydrogens is 166 g/mol. The fraction of sp³-hybridized carbons (Fsp3) is 0.900. The van der Waals surface area contributed by atoms with Crippen molar-refractivity contribution in [1.29, 1.82) is 0 Å². The van der Waals surface area contributed by atoms with Gasteiger partial charge >= 0.3 is 5.97 Å². The van der Waals surface area contributed by atoms with Gasteiger partial charge in [-0.2, -0.15) is 0 Å². The predicted molar refractivity (Wildman–Crippen MR) is 53.3 cm³/mol. The molecule has 0 radical (unpaired) electrons. The van der Waals surface area contributed by atoms with Gasteiger partial charge in [-0.3, -0.25) is 4.79 Å². The third kappa shape index (κ3) is 4.88. The van der Waals surface area contributed by atoms with Crippen molar-refractivity contribution >= 4 is 5.97 Å². The molecule has 2 unspecified atom stereocenters. The molecule has 0 amide bonds. The van der Waals surface area contributed by atoms with Crippen molar-refractivity contribution in [2.24, 2.45) is 11.7 Å². The summed E-state index contributed by atoms with van der Waals surface area (Å²) in [4.78, 5) is 11.3. The van der Waals surface area contributed by atoms with E-state index in [-0.39, 0.29) is 18.0 Å². The largest absolute Gasteiger partial charge is 0.462 e. The molecule has 0 aromatic rings. The van der Waals surface area contributed by atoms with Crippen LogP contribution in [0.2, 0.25) is 0 Å². The van der Waals surface area contributed by atoms with E-state index in [0.717, 1.165) is 12.8 Å². The lowest BCUT2D eigenvalue weighted by Gasteiger charge is -2.18. The highest BCUT2D eigenvalue weighted by Gasteiger charge is 2.20. The van der Waals surface area contributed by atoms with Gasteiger partial charge in [-0.1, -0.05) is 27.2 Å². The molecule has 0 fully saturated rings.